The first-order valence-electron chi connectivity index (χ1n) is 9.66. The number of nitrogens with one attached hydrogen (secondary N) is 2. The highest BCUT2D eigenvalue weighted by Gasteiger charge is 2.13. The molecule has 0 spiro atoms. The van der Waals surface area contributed by atoms with Crippen molar-refractivity contribution in [1.82, 2.24) is 5.32 Å². The minimum Gasteiger partial charge on any atom is -0.493 e. The summed E-state index contributed by atoms with van der Waals surface area (Å²) in [7, 11) is 3.10. The van der Waals surface area contributed by atoms with Gasteiger partial charge in [0.25, 0.3) is 0 Å². The van der Waals surface area contributed by atoms with Crippen molar-refractivity contribution in [3.8, 4) is 17.2 Å². The summed E-state index contributed by atoms with van der Waals surface area (Å²) in [5.74, 6) is 1.41. The van der Waals surface area contributed by atoms with E-state index < -0.39 is 0 Å². The highest BCUT2D eigenvalue weighted by atomic mass is 16.5. The van der Waals surface area contributed by atoms with Crippen LogP contribution in [0.3, 0.4) is 0 Å². The smallest absolute Gasteiger partial charge is 0.319 e. The number of hydrogen-bond acceptors (Lipinski definition) is 5. The number of ether oxygens (including phenoxy) is 3. The van der Waals surface area contributed by atoms with E-state index in [4.69, 9.17) is 14.2 Å². The molecule has 0 atom stereocenters. The fourth-order valence-electron chi connectivity index (χ4n) is 2.70. The first-order valence-corrected chi connectivity index (χ1v) is 9.66. The van der Waals surface area contributed by atoms with E-state index in [1.807, 2.05) is 20.8 Å². The number of ketones is 1. The summed E-state index contributed by atoms with van der Waals surface area (Å²) in [5.41, 5.74) is 1.85. The van der Waals surface area contributed by atoms with Gasteiger partial charge in [0.05, 0.1) is 20.8 Å². The monoisotopic (exact) mass is 412 g/mol. The molecule has 0 bridgehead atoms. The number of amides is 2. The van der Waals surface area contributed by atoms with Crippen LogP contribution in [0.15, 0.2) is 42.5 Å². The summed E-state index contributed by atoms with van der Waals surface area (Å²) in [6.07, 6.45) is 3.16. The topological polar surface area (TPSA) is 85.9 Å². The normalized spacial score (nSPS) is 10.7. The molecule has 2 N–H and O–H groups in total. The second-order valence-electron chi connectivity index (χ2n) is 6.72. The average molecular weight is 412 g/mol. The van der Waals surface area contributed by atoms with Crippen molar-refractivity contribution in [2.75, 3.05) is 26.1 Å². The lowest BCUT2D eigenvalue weighted by Gasteiger charge is -2.14. The molecule has 0 saturated heterocycles. The molecule has 7 nitrogen and oxygen atoms in total. The molecule has 2 aromatic carbocycles. The van der Waals surface area contributed by atoms with Crippen molar-refractivity contribution in [2.24, 2.45) is 0 Å². The second kappa shape index (κ2) is 10.9. The van der Waals surface area contributed by atoms with Gasteiger partial charge in [0.2, 0.25) is 5.75 Å². The van der Waals surface area contributed by atoms with Gasteiger partial charge in [0.1, 0.15) is 0 Å². The van der Waals surface area contributed by atoms with Crippen molar-refractivity contribution in [2.45, 2.75) is 26.8 Å². The number of methoxy groups -OCH3 is 2. The molecular weight excluding hydrogens is 384 g/mol. The number of urea groups is 1. The highest BCUT2D eigenvalue weighted by molar-refractivity contribution is 6.07. The second-order valence-corrected chi connectivity index (χ2v) is 6.72. The van der Waals surface area contributed by atoms with Crippen LogP contribution in [0.4, 0.5) is 10.5 Å². The predicted molar refractivity (Wildman–Crippen MR) is 118 cm³/mol. The van der Waals surface area contributed by atoms with E-state index in [2.05, 4.69) is 10.6 Å². The Bertz CT molecular complexity index is 879. The molecule has 2 aromatic rings. The van der Waals surface area contributed by atoms with E-state index in [0.717, 1.165) is 5.56 Å². The molecule has 0 fully saturated rings. The standard InChI is InChI=1S/C23H28N2O5/c1-6-30-22-20(28-4)13-16(14-21(22)29-5)7-12-19(26)17-8-10-18(11-9-17)25-23(27)24-15(2)3/h7-15H,6H2,1-5H3,(H2,24,25,27)/b12-7+. The van der Waals surface area contributed by atoms with Crippen LogP contribution in [0.2, 0.25) is 0 Å². The Morgan fingerprint density at radius 3 is 2.13 bits per heavy atom. The van der Waals surface area contributed by atoms with E-state index in [9.17, 15) is 9.59 Å². The van der Waals surface area contributed by atoms with Gasteiger partial charge in [-0.3, -0.25) is 4.79 Å². The number of anilines is 1. The zero-order chi connectivity index (χ0) is 22.1. The van der Waals surface area contributed by atoms with Crippen molar-refractivity contribution in [1.29, 1.82) is 0 Å². The fraction of sp³-hybridized carbons (Fsp3) is 0.304. The van der Waals surface area contributed by atoms with Gasteiger partial charge < -0.3 is 24.8 Å². The molecule has 30 heavy (non-hydrogen) atoms. The maximum Gasteiger partial charge on any atom is 0.319 e. The van der Waals surface area contributed by atoms with Gasteiger partial charge in [0, 0.05) is 17.3 Å². The Morgan fingerprint density at radius 1 is 1.03 bits per heavy atom. The van der Waals surface area contributed by atoms with Crippen LogP contribution >= 0.6 is 0 Å². The molecule has 2 amide bonds. The lowest BCUT2D eigenvalue weighted by Crippen LogP contribution is -2.34. The average Bonchev–Trinajstić information content (AvgIpc) is 2.72. The van der Waals surface area contributed by atoms with Crippen LogP contribution in [-0.2, 0) is 0 Å². The first kappa shape index (κ1) is 22.8. The molecule has 0 aromatic heterocycles. The SMILES string of the molecule is CCOc1c(OC)cc(/C=C/C(=O)c2ccc(NC(=O)NC(C)C)cc2)cc1OC. The molecule has 0 aliphatic heterocycles. The predicted octanol–water partition coefficient (Wildman–Crippen LogP) is 4.53. The van der Waals surface area contributed by atoms with E-state index in [1.165, 1.54) is 6.08 Å². The largest absolute Gasteiger partial charge is 0.493 e. The molecular formula is C23H28N2O5. The summed E-state index contributed by atoms with van der Waals surface area (Å²) in [4.78, 5) is 24.2. The summed E-state index contributed by atoms with van der Waals surface area (Å²) in [5, 5.41) is 5.46. The lowest BCUT2D eigenvalue weighted by molar-refractivity contribution is 0.104. The van der Waals surface area contributed by atoms with Gasteiger partial charge in [-0.1, -0.05) is 6.08 Å². The molecule has 0 unspecified atom stereocenters. The fourth-order valence-corrected chi connectivity index (χ4v) is 2.70. The summed E-state index contributed by atoms with van der Waals surface area (Å²) < 4.78 is 16.3. The van der Waals surface area contributed by atoms with Crippen molar-refractivity contribution in [3.63, 3.8) is 0 Å². The molecule has 160 valence electrons. The minimum atomic E-state index is -0.289. The maximum atomic E-state index is 12.5. The van der Waals surface area contributed by atoms with Gasteiger partial charge in [-0.05, 0) is 68.8 Å². The molecule has 7 heteroatoms. The molecule has 0 aliphatic carbocycles. The highest BCUT2D eigenvalue weighted by Crippen LogP contribution is 2.38. The van der Waals surface area contributed by atoms with E-state index >= 15 is 0 Å². The Kier molecular flexibility index (Phi) is 8.29. The number of carbonyl (C=O) groups is 2. The third-order valence-corrected chi connectivity index (χ3v) is 4.05. The number of hydrogen-bond donors (Lipinski definition) is 2. The third-order valence-electron chi connectivity index (χ3n) is 4.05. The first-order chi connectivity index (χ1) is 14.4. The summed E-state index contributed by atoms with van der Waals surface area (Å²) in [6, 6.07) is 10.00. The van der Waals surface area contributed by atoms with Crippen LogP contribution in [0.5, 0.6) is 17.2 Å². The molecule has 2 rings (SSSR count). The number of allylic oxidation sites excluding steroid dienone is 1. The quantitative estimate of drug-likeness (QED) is 0.467. The van der Waals surface area contributed by atoms with E-state index in [-0.39, 0.29) is 17.9 Å². The number of rotatable bonds is 9. The van der Waals surface area contributed by atoms with Crippen LogP contribution in [-0.4, -0.2) is 38.7 Å². The molecule has 0 saturated carbocycles. The molecule has 0 heterocycles. The van der Waals surface area contributed by atoms with Gasteiger partial charge in [-0.2, -0.15) is 0 Å². The van der Waals surface area contributed by atoms with Crippen molar-refractivity contribution < 1.29 is 23.8 Å². The van der Waals surface area contributed by atoms with Gasteiger partial charge >= 0.3 is 6.03 Å². The van der Waals surface area contributed by atoms with Crippen LogP contribution in [0.1, 0.15) is 36.7 Å². The van der Waals surface area contributed by atoms with Crippen LogP contribution < -0.4 is 24.8 Å². The Labute approximate surface area is 177 Å². The zero-order valence-corrected chi connectivity index (χ0v) is 17.9. The lowest BCUT2D eigenvalue weighted by atomic mass is 10.1. The van der Waals surface area contributed by atoms with Gasteiger partial charge in [0.15, 0.2) is 17.3 Å². The minimum absolute atomic E-state index is 0.0378. The van der Waals surface area contributed by atoms with Crippen LogP contribution in [0, 0.1) is 0 Å². The Balaban J connectivity index is 2.12. The number of carbonyl (C=O) groups excluding carboxylic acids is 2. The van der Waals surface area contributed by atoms with Gasteiger partial charge in [-0.25, -0.2) is 4.79 Å². The molecule has 0 aliphatic rings. The van der Waals surface area contributed by atoms with Gasteiger partial charge in [-0.15, -0.1) is 0 Å². The summed E-state index contributed by atoms with van der Waals surface area (Å²) in [6.45, 7) is 6.11. The summed E-state index contributed by atoms with van der Waals surface area (Å²) >= 11 is 0. The Morgan fingerprint density at radius 2 is 1.63 bits per heavy atom. The van der Waals surface area contributed by atoms with E-state index in [0.29, 0.717) is 35.1 Å². The van der Waals surface area contributed by atoms with Crippen LogP contribution in [0.25, 0.3) is 6.08 Å². The zero-order valence-electron chi connectivity index (χ0n) is 17.9. The van der Waals surface area contributed by atoms with Crippen molar-refractivity contribution >= 4 is 23.6 Å². The van der Waals surface area contributed by atoms with E-state index in [1.54, 1.807) is 56.7 Å². The molecule has 0 radical (unpaired) electrons. The number of benzene rings is 2. The maximum absolute atomic E-state index is 12.5. The Hall–Kier alpha value is -3.48. The van der Waals surface area contributed by atoms with Crippen molar-refractivity contribution in [3.05, 3.63) is 53.6 Å². The third kappa shape index (κ3) is 6.27.